The van der Waals surface area contributed by atoms with E-state index >= 15 is 0 Å². The van der Waals surface area contributed by atoms with Gasteiger partial charge in [0.25, 0.3) is 0 Å². The molecule has 0 aromatic heterocycles. The molecule has 1 N–H and O–H groups in total. The summed E-state index contributed by atoms with van der Waals surface area (Å²) in [6, 6.07) is 1.34. The van der Waals surface area contributed by atoms with Crippen LogP contribution in [-0.4, -0.2) is 36.6 Å². The van der Waals surface area contributed by atoms with Crippen molar-refractivity contribution < 1.29 is 0 Å². The van der Waals surface area contributed by atoms with E-state index in [4.69, 9.17) is 0 Å². The van der Waals surface area contributed by atoms with Crippen LogP contribution < -0.4 is 5.32 Å². The number of hydrogen-bond acceptors (Lipinski definition) is 2. The van der Waals surface area contributed by atoms with Gasteiger partial charge in [-0.05, 0) is 39.3 Å². The summed E-state index contributed by atoms with van der Waals surface area (Å²) in [5.41, 5.74) is 0. The molecule has 0 spiro atoms. The first-order valence-electron chi connectivity index (χ1n) is 6.49. The van der Waals surface area contributed by atoms with Crippen LogP contribution in [0.25, 0.3) is 0 Å². The highest BCUT2D eigenvalue weighted by molar-refractivity contribution is 4.74. The van der Waals surface area contributed by atoms with E-state index in [0.717, 1.165) is 25.6 Å². The molecule has 1 atom stereocenters. The molecule has 15 heavy (non-hydrogen) atoms. The topological polar surface area (TPSA) is 15.3 Å². The van der Waals surface area contributed by atoms with E-state index in [0.29, 0.717) is 12.1 Å². The summed E-state index contributed by atoms with van der Waals surface area (Å²) in [5.74, 6) is 0.747. The highest BCUT2D eigenvalue weighted by Crippen LogP contribution is 2.08. The highest BCUT2D eigenvalue weighted by Gasteiger charge is 2.17. The molecular formula is C13H30N2. The lowest BCUT2D eigenvalue weighted by Crippen LogP contribution is -2.46. The Balaban J connectivity index is 3.98. The Labute approximate surface area is 96.4 Å². The molecule has 0 aliphatic rings. The van der Waals surface area contributed by atoms with Gasteiger partial charge in [-0.25, -0.2) is 0 Å². The maximum Gasteiger partial charge on any atom is 0.0220 e. The lowest BCUT2D eigenvalue weighted by atomic mass is 10.1. The number of nitrogens with zero attached hydrogens (tertiary/aromatic N) is 1. The predicted octanol–water partition coefficient (Wildman–Crippen LogP) is 2.74. The summed E-state index contributed by atoms with van der Waals surface area (Å²) < 4.78 is 0. The van der Waals surface area contributed by atoms with Crippen LogP contribution in [0.4, 0.5) is 0 Å². The van der Waals surface area contributed by atoms with Crippen molar-refractivity contribution in [2.75, 3.05) is 19.6 Å². The normalized spacial score (nSPS) is 14.2. The monoisotopic (exact) mass is 214 g/mol. The highest BCUT2D eigenvalue weighted by atomic mass is 15.2. The van der Waals surface area contributed by atoms with Crippen LogP contribution in [-0.2, 0) is 0 Å². The first-order valence-corrected chi connectivity index (χ1v) is 6.49. The third kappa shape index (κ3) is 6.16. The average molecular weight is 214 g/mol. The van der Waals surface area contributed by atoms with Gasteiger partial charge < -0.3 is 5.32 Å². The Morgan fingerprint density at radius 2 is 1.60 bits per heavy atom. The van der Waals surface area contributed by atoms with Crippen LogP contribution in [0.5, 0.6) is 0 Å². The lowest BCUT2D eigenvalue weighted by molar-refractivity contribution is 0.153. The lowest BCUT2D eigenvalue weighted by Gasteiger charge is -2.33. The first kappa shape index (κ1) is 14.9. The molecule has 0 radical (unpaired) electrons. The molecule has 0 bridgehead atoms. The second-order valence-corrected chi connectivity index (χ2v) is 5.04. The molecular weight excluding hydrogens is 184 g/mol. The van der Waals surface area contributed by atoms with Gasteiger partial charge in [-0.2, -0.15) is 0 Å². The predicted molar refractivity (Wildman–Crippen MR) is 69.3 cm³/mol. The van der Waals surface area contributed by atoms with Crippen molar-refractivity contribution in [2.24, 2.45) is 5.92 Å². The van der Waals surface area contributed by atoms with Gasteiger partial charge >= 0.3 is 0 Å². The SMILES string of the molecule is CCC(CNCC(C)C)N(CC)C(C)C. The maximum atomic E-state index is 3.56. The van der Waals surface area contributed by atoms with Crippen molar-refractivity contribution in [3.05, 3.63) is 0 Å². The van der Waals surface area contributed by atoms with E-state index in [1.165, 1.54) is 6.42 Å². The minimum absolute atomic E-state index is 0.654. The molecule has 0 saturated carbocycles. The van der Waals surface area contributed by atoms with Gasteiger partial charge in [0.2, 0.25) is 0 Å². The molecule has 0 aromatic carbocycles. The zero-order valence-electron chi connectivity index (χ0n) is 11.5. The maximum absolute atomic E-state index is 3.56. The van der Waals surface area contributed by atoms with Crippen LogP contribution in [0.15, 0.2) is 0 Å². The third-order valence-electron chi connectivity index (χ3n) is 2.90. The largest absolute Gasteiger partial charge is 0.315 e. The van der Waals surface area contributed by atoms with E-state index < -0.39 is 0 Å². The van der Waals surface area contributed by atoms with Crippen LogP contribution in [0.3, 0.4) is 0 Å². The van der Waals surface area contributed by atoms with Gasteiger partial charge in [0.1, 0.15) is 0 Å². The Morgan fingerprint density at radius 3 is 1.93 bits per heavy atom. The number of hydrogen-bond donors (Lipinski definition) is 1. The average Bonchev–Trinajstić information content (AvgIpc) is 2.15. The van der Waals surface area contributed by atoms with E-state index in [9.17, 15) is 0 Å². The quantitative estimate of drug-likeness (QED) is 0.668. The van der Waals surface area contributed by atoms with Gasteiger partial charge in [-0.15, -0.1) is 0 Å². The molecule has 0 rings (SSSR count). The third-order valence-corrected chi connectivity index (χ3v) is 2.90. The second-order valence-electron chi connectivity index (χ2n) is 5.04. The summed E-state index contributed by atoms with van der Waals surface area (Å²) in [5, 5.41) is 3.56. The molecule has 92 valence electrons. The van der Waals surface area contributed by atoms with E-state index in [2.05, 4.69) is 51.8 Å². The first-order chi connectivity index (χ1) is 7.02. The van der Waals surface area contributed by atoms with Crippen molar-refractivity contribution in [3.8, 4) is 0 Å². The molecule has 0 aliphatic heterocycles. The molecule has 0 heterocycles. The minimum atomic E-state index is 0.654. The second kappa shape index (κ2) is 8.12. The van der Waals surface area contributed by atoms with E-state index in [1.54, 1.807) is 0 Å². The van der Waals surface area contributed by atoms with Gasteiger partial charge in [0.15, 0.2) is 0 Å². The van der Waals surface area contributed by atoms with Gasteiger partial charge in [-0.1, -0.05) is 27.7 Å². The van der Waals surface area contributed by atoms with Crippen molar-refractivity contribution in [2.45, 2.75) is 60.0 Å². The van der Waals surface area contributed by atoms with Gasteiger partial charge in [0.05, 0.1) is 0 Å². The summed E-state index contributed by atoms with van der Waals surface area (Å²) >= 11 is 0. The fraction of sp³-hybridized carbons (Fsp3) is 1.00. The molecule has 2 nitrogen and oxygen atoms in total. The Kier molecular flexibility index (Phi) is 8.07. The van der Waals surface area contributed by atoms with Crippen molar-refractivity contribution in [3.63, 3.8) is 0 Å². The number of rotatable bonds is 8. The Bertz CT molecular complexity index is 143. The van der Waals surface area contributed by atoms with Crippen molar-refractivity contribution >= 4 is 0 Å². The van der Waals surface area contributed by atoms with Crippen molar-refractivity contribution in [1.29, 1.82) is 0 Å². The zero-order valence-corrected chi connectivity index (χ0v) is 11.5. The summed E-state index contributed by atoms with van der Waals surface area (Å²) in [4.78, 5) is 2.58. The summed E-state index contributed by atoms with van der Waals surface area (Å²) in [6.45, 7) is 17.0. The van der Waals surface area contributed by atoms with Crippen LogP contribution in [0, 0.1) is 5.92 Å². The standard InChI is InChI=1S/C13H30N2/c1-7-13(10-14-9-11(3)4)15(8-2)12(5)6/h11-14H,7-10H2,1-6H3. The number of nitrogens with one attached hydrogen (secondary N) is 1. The van der Waals surface area contributed by atoms with E-state index in [1.807, 2.05) is 0 Å². The Hall–Kier alpha value is -0.0800. The molecule has 0 aliphatic carbocycles. The molecule has 0 fully saturated rings. The molecule has 0 aromatic rings. The molecule has 1 unspecified atom stereocenters. The van der Waals surface area contributed by atoms with Gasteiger partial charge in [0, 0.05) is 18.6 Å². The van der Waals surface area contributed by atoms with Crippen molar-refractivity contribution in [1.82, 2.24) is 10.2 Å². The minimum Gasteiger partial charge on any atom is -0.315 e. The van der Waals surface area contributed by atoms with Crippen LogP contribution in [0.1, 0.15) is 48.0 Å². The van der Waals surface area contributed by atoms with E-state index in [-0.39, 0.29) is 0 Å². The molecule has 0 amide bonds. The van der Waals surface area contributed by atoms with Crippen LogP contribution in [0.2, 0.25) is 0 Å². The fourth-order valence-electron chi connectivity index (χ4n) is 2.08. The molecule has 2 heteroatoms. The van der Waals surface area contributed by atoms with Gasteiger partial charge in [-0.3, -0.25) is 4.90 Å². The smallest absolute Gasteiger partial charge is 0.0220 e. The zero-order chi connectivity index (χ0) is 11.8. The number of likely N-dealkylation sites (N-methyl/N-ethyl adjacent to an activating group) is 1. The Morgan fingerprint density at radius 1 is 1.00 bits per heavy atom. The summed E-state index contributed by atoms with van der Waals surface area (Å²) in [6.07, 6.45) is 1.23. The fourth-order valence-corrected chi connectivity index (χ4v) is 2.08. The van der Waals surface area contributed by atoms with Crippen LogP contribution >= 0.6 is 0 Å². The summed E-state index contributed by atoms with van der Waals surface area (Å²) in [7, 11) is 0. The molecule has 0 saturated heterocycles.